The van der Waals surface area contributed by atoms with E-state index in [9.17, 15) is 4.79 Å². The fourth-order valence-electron chi connectivity index (χ4n) is 1.71. The highest BCUT2D eigenvalue weighted by Crippen LogP contribution is 2.11. The summed E-state index contributed by atoms with van der Waals surface area (Å²) in [4.78, 5) is 15.6. The molecular formula is C16H26BrIN4O2. The molecule has 0 heterocycles. The van der Waals surface area contributed by atoms with E-state index in [4.69, 9.17) is 4.74 Å². The summed E-state index contributed by atoms with van der Waals surface area (Å²) >= 11 is 3.45. The van der Waals surface area contributed by atoms with Crippen LogP contribution >= 0.6 is 39.9 Å². The monoisotopic (exact) mass is 512 g/mol. The van der Waals surface area contributed by atoms with Gasteiger partial charge in [0.15, 0.2) is 5.96 Å². The van der Waals surface area contributed by atoms with E-state index in [1.807, 2.05) is 45.0 Å². The topological polar surface area (TPSA) is 74.8 Å². The van der Waals surface area contributed by atoms with Gasteiger partial charge in [-0.3, -0.25) is 4.99 Å². The number of guanidine groups is 1. The molecule has 1 amide bonds. The maximum Gasteiger partial charge on any atom is 0.407 e. The van der Waals surface area contributed by atoms with E-state index in [1.54, 1.807) is 7.05 Å². The number of nitrogens with zero attached hydrogens (tertiary/aromatic N) is 1. The number of carbonyl (C=O) groups excluding carboxylic acids is 1. The van der Waals surface area contributed by atoms with Crippen molar-refractivity contribution in [2.75, 3.05) is 20.1 Å². The van der Waals surface area contributed by atoms with Gasteiger partial charge in [-0.2, -0.15) is 0 Å². The van der Waals surface area contributed by atoms with Gasteiger partial charge in [0.25, 0.3) is 0 Å². The predicted molar refractivity (Wildman–Crippen MR) is 112 cm³/mol. The number of alkyl carbamates (subject to hydrolysis) is 1. The van der Waals surface area contributed by atoms with Crippen LogP contribution in [0.15, 0.2) is 33.7 Å². The lowest BCUT2D eigenvalue weighted by Gasteiger charge is -2.20. The van der Waals surface area contributed by atoms with Crippen LogP contribution in [0.2, 0.25) is 0 Å². The third-order valence-corrected chi connectivity index (χ3v) is 3.15. The highest BCUT2D eigenvalue weighted by molar-refractivity contribution is 14.0. The Morgan fingerprint density at radius 2 is 1.88 bits per heavy atom. The molecule has 24 heavy (non-hydrogen) atoms. The van der Waals surface area contributed by atoms with E-state index in [0.29, 0.717) is 25.6 Å². The van der Waals surface area contributed by atoms with Crippen molar-refractivity contribution >= 4 is 52.0 Å². The van der Waals surface area contributed by atoms with E-state index in [2.05, 4.69) is 36.9 Å². The summed E-state index contributed by atoms with van der Waals surface area (Å²) < 4.78 is 6.20. The van der Waals surface area contributed by atoms with Gasteiger partial charge in [-0.1, -0.05) is 28.1 Å². The molecule has 0 aliphatic carbocycles. The van der Waals surface area contributed by atoms with Crippen molar-refractivity contribution < 1.29 is 9.53 Å². The summed E-state index contributed by atoms with van der Waals surface area (Å²) in [6, 6.07) is 8.06. The predicted octanol–water partition coefficient (Wildman–Crippen LogP) is 3.26. The van der Waals surface area contributed by atoms with Crippen molar-refractivity contribution in [3.8, 4) is 0 Å². The Balaban J connectivity index is 0.00000529. The van der Waals surface area contributed by atoms with Crippen LogP contribution in [0.3, 0.4) is 0 Å². The number of rotatable bonds is 5. The second-order valence-electron chi connectivity index (χ2n) is 5.91. The SMILES string of the molecule is CN=C(NCCNC(=O)OC(C)(C)C)NCc1cccc(Br)c1.I. The fourth-order valence-corrected chi connectivity index (χ4v) is 2.16. The summed E-state index contributed by atoms with van der Waals surface area (Å²) in [5, 5.41) is 9.03. The Bertz CT molecular complexity index is 547. The molecule has 0 atom stereocenters. The Labute approximate surface area is 169 Å². The number of ether oxygens (including phenoxy) is 1. The summed E-state index contributed by atoms with van der Waals surface area (Å²) in [6.45, 7) is 7.16. The van der Waals surface area contributed by atoms with E-state index < -0.39 is 11.7 Å². The number of nitrogens with one attached hydrogen (secondary N) is 3. The zero-order valence-corrected chi connectivity index (χ0v) is 18.4. The molecular weight excluding hydrogens is 487 g/mol. The lowest BCUT2D eigenvalue weighted by molar-refractivity contribution is 0.0529. The van der Waals surface area contributed by atoms with Crippen LogP contribution in [0.25, 0.3) is 0 Å². The van der Waals surface area contributed by atoms with Crippen LogP contribution in [0.4, 0.5) is 4.79 Å². The zero-order valence-electron chi connectivity index (χ0n) is 14.5. The summed E-state index contributed by atoms with van der Waals surface area (Å²) in [5.41, 5.74) is 0.660. The number of carbonyl (C=O) groups is 1. The molecule has 0 saturated heterocycles. The summed E-state index contributed by atoms with van der Waals surface area (Å²) in [5.74, 6) is 0.677. The molecule has 0 bridgehead atoms. The van der Waals surface area contributed by atoms with Crippen LogP contribution in [0.1, 0.15) is 26.3 Å². The standard InChI is InChI=1S/C16H25BrN4O2.HI/c1-16(2,3)23-15(22)20-9-8-19-14(18-4)21-11-12-6-5-7-13(17)10-12;/h5-7,10H,8-9,11H2,1-4H3,(H,20,22)(H2,18,19,21);1H. The van der Waals surface area contributed by atoms with Gasteiger partial charge in [0.2, 0.25) is 0 Å². The number of hydrogen-bond donors (Lipinski definition) is 3. The first-order valence-corrected chi connectivity index (χ1v) is 8.25. The quantitative estimate of drug-likeness (QED) is 0.245. The van der Waals surface area contributed by atoms with Gasteiger partial charge in [0.05, 0.1) is 0 Å². The number of benzene rings is 1. The van der Waals surface area contributed by atoms with E-state index >= 15 is 0 Å². The number of aliphatic imine (C=N–C) groups is 1. The third-order valence-electron chi connectivity index (χ3n) is 2.66. The molecule has 0 unspecified atom stereocenters. The van der Waals surface area contributed by atoms with Crippen molar-refractivity contribution in [3.63, 3.8) is 0 Å². The molecule has 0 aromatic heterocycles. The Morgan fingerprint density at radius 1 is 1.21 bits per heavy atom. The molecule has 8 heteroatoms. The Hall–Kier alpha value is -1.03. The lowest BCUT2D eigenvalue weighted by atomic mass is 10.2. The maximum absolute atomic E-state index is 11.5. The molecule has 0 saturated carbocycles. The van der Waals surface area contributed by atoms with E-state index in [1.165, 1.54) is 0 Å². The third kappa shape index (κ3) is 10.7. The first kappa shape index (κ1) is 23.0. The number of halogens is 2. The van der Waals surface area contributed by atoms with Gasteiger partial charge in [0, 0.05) is 31.2 Å². The van der Waals surface area contributed by atoms with Crippen LogP contribution < -0.4 is 16.0 Å². The van der Waals surface area contributed by atoms with E-state index in [0.717, 1.165) is 10.0 Å². The van der Waals surface area contributed by atoms with Crippen LogP contribution in [0.5, 0.6) is 0 Å². The van der Waals surface area contributed by atoms with Crippen molar-refractivity contribution in [2.45, 2.75) is 32.9 Å². The number of amides is 1. The molecule has 0 fully saturated rings. The second-order valence-corrected chi connectivity index (χ2v) is 6.83. The Kier molecular flexibility index (Phi) is 11.0. The van der Waals surface area contributed by atoms with Gasteiger partial charge < -0.3 is 20.7 Å². The minimum absolute atomic E-state index is 0. The summed E-state index contributed by atoms with van der Waals surface area (Å²) in [7, 11) is 1.71. The highest BCUT2D eigenvalue weighted by Gasteiger charge is 2.15. The molecule has 0 aliphatic rings. The van der Waals surface area contributed by atoms with Gasteiger partial charge in [-0.25, -0.2) is 4.79 Å². The molecule has 1 aromatic rings. The average Bonchev–Trinajstić information content (AvgIpc) is 2.44. The largest absolute Gasteiger partial charge is 0.444 e. The molecule has 0 spiro atoms. The number of hydrogen-bond acceptors (Lipinski definition) is 3. The Morgan fingerprint density at radius 3 is 2.46 bits per heavy atom. The molecule has 1 aromatic carbocycles. The first-order valence-electron chi connectivity index (χ1n) is 7.46. The van der Waals surface area contributed by atoms with Crippen LogP contribution in [-0.2, 0) is 11.3 Å². The molecule has 0 radical (unpaired) electrons. The normalized spacial score (nSPS) is 11.3. The lowest BCUT2D eigenvalue weighted by Crippen LogP contribution is -2.42. The van der Waals surface area contributed by atoms with Crippen molar-refractivity contribution in [1.29, 1.82) is 0 Å². The van der Waals surface area contributed by atoms with Crippen LogP contribution in [0, 0.1) is 0 Å². The average molecular weight is 513 g/mol. The second kappa shape index (κ2) is 11.5. The minimum Gasteiger partial charge on any atom is -0.444 e. The molecule has 1 rings (SSSR count). The zero-order chi connectivity index (χ0) is 17.3. The highest BCUT2D eigenvalue weighted by atomic mass is 127. The van der Waals surface area contributed by atoms with Gasteiger partial charge in [-0.15, -0.1) is 24.0 Å². The first-order chi connectivity index (χ1) is 10.8. The van der Waals surface area contributed by atoms with Crippen molar-refractivity contribution in [3.05, 3.63) is 34.3 Å². The van der Waals surface area contributed by atoms with Gasteiger partial charge in [-0.05, 0) is 38.5 Å². The van der Waals surface area contributed by atoms with Gasteiger partial charge >= 0.3 is 6.09 Å². The molecule has 136 valence electrons. The van der Waals surface area contributed by atoms with Crippen molar-refractivity contribution in [2.24, 2.45) is 4.99 Å². The molecule has 3 N–H and O–H groups in total. The fraction of sp³-hybridized carbons (Fsp3) is 0.500. The summed E-state index contributed by atoms with van der Waals surface area (Å²) in [6.07, 6.45) is -0.420. The van der Waals surface area contributed by atoms with Gasteiger partial charge in [0.1, 0.15) is 5.60 Å². The molecule has 6 nitrogen and oxygen atoms in total. The minimum atomic E-state index is -0.487. The molecule has 0 aliphatic heterocycles. The maximum atomic E-state index is 11.5. The van der Waals surface area contributed by atoms with Crippen LogP contribution in [-0.4, -0.2) is 37.8 Å². The van der Waals surface area contributed by atoms with E-state index in [-0.39, 0.29) is 24.0 Å². The smallest absolute Gasteiger partial charge is 0.407 e. The van der Waals surface area contributed by atoms with Crippen molar-refractivity contribution in [1.82, 2.24) is 16.0 Å².